The monoisotopic (exact) mass is 346 g/mol. The molecule has 1 aromatic heterocycles. The van der Waals surface area contributed by atoms with E-state index >= 15 is 0 Å². The van der Waals surface area contributed by atoms with E-state index in [-0.39, 0.29) is 0 Å². The molecule has 0 N–H and O–H groups in total. The first-order valence-electron chi connectivity index (χ1n) is 9.62. The minimum Gasteiger partial charge on any atom is -0.260 e. The van der Waals surface area contributed by atoms with E-state index in [1.165, 1.54) is 41.9 Å². The lowest BCUT2D eigenvalue weighted by Crippen LogP contribution is -2.46. The Kier molecular flexibility index (Phi) is 4.79. The quantitative estimate of drug-likeness (QED) is 0.651. The summed E-state index contributed by atoms with van der Waals surface area (Å²) in [6.07, 6.45) is 3.75. The Labute approximate surface area is 156 Å². The number of hydrogen-bond acceptors (Lipinski definition) is 1. The normalized spacial score (nSPS) is 15.4. The number of rotatable bonds is 4. The van der Waals surface area contributed by atoms with Crippen molar-refractivity contribution in [2.45, 2.75) is 19.3 Å². The fourth-order valence-electron chi connectivity index (χ4n) is 4.11. The summed E-state index contributed by atoms with van der Waals surface area (Å²) in [5.41, 5.74) is 4.02. The first kappa shape index (κ1) is 16.9. The molecule has 2 aromatic carbocycles. The van der Waals surface area contributed by atoms with Crippen LogP contribution in [0.1, 0.15) is 18.4 Å². The van der Waals surface area contributed by atoms with Crippen LogP contribution in [-0.2, 0) is 20.5 Å². The molecule has 134 valence electrons. The predicted molar refractivity (Wildman–Crippen MR) is 107 cm³/mol. The Bertz CT molecular complexity index is 844. The highest BCUT2D eigenvalue weighted by atomic mass is 15.4. The Morgan fingerprint density at radius 3 is 2.19 bits per heavy atom. The fraction of sp³-hybridized carbons (Fsp3) is 0.348. The Morgan fingerprint density at radius 1 is 0.923 bits per heavy atom. The van der Waals surface area contributed by atoms with Gasteiger partial charge >= 0.3 is 0 Å². The van der Waals surface area contributed by atoms with Crippen LogP contribution in [-0.4, -0.2) is 17.8 Å². The zero-order valence-electron chi connectivity index (χ0n) is 15.8. The van der Waals surface area contributed by atoms with Crippen LogP contribution in [0.2, 0.25) is 0 Å². The third-order valence-corrected chi connectivity index (χ3v) is 5.77. The number of piperidine rings is 1. The molecule has 3 aromatic rings. The van der Waals surface area contributed by atoms with Crippen molar-refractivity contribution in [2.75, 3.05) is 18.0 Å². The Morgan fingerprint density at radius 2 is 1.54 bits per heavy atom. The highest BCUT2D eigenvalue weighted by molar-refractivity contribution is 5.62. The van der Waals surface area contributed by atoms with Crippen LogP contribution in [0.5, 0.6) is 0 Å². The average molecular weight is 346 g/mol. The lowest BCUT2D eigenvalue weighted by atomic mass is 9.90. The van der Waals surface area contributed by atoms with Gasteiger partial charge in [0.1, 0.15) is 7.05 Å². The van der Waals surface area contributed by atoms with E-state index in [1.54, 1.807) is 0 Å². The van der Waals surface area contributed by atoms with Crippen molar-refractivity contribution in [3.05, 3.63) is 72.3 Å². The molecule has 0 aliphatic carbocycles. The topological polar surface area (TPSA) is 12.1 Å². The molecule has 0 unspecified atom stereocenters. The maximum absolute atomic E-state index is 2.55. The summed E-state index contributed by atoms with van der Waals surface area (Å²) in [5.74, 6) is 2.13. The SMILES string of the molecule is Cn1c(-c2ccccc2)cc(N2CCC(Cc3ccccc3)CC2)[n+]1C. The number of nitrogens with zero attached hydrogens (tertiary/aromatic N) is 3. The van der Waals surface area contributed by atoms with Gasteiger partial charge in [0.25, 0.3) is 5.82 Å². The smallest absolute Gasteiger partial charge is 0.260 e. The fourth-order valence-corrected chi connectivity index (χ4v) is 4.11. The summed E-state index contributed by atoms with van der Waals surface area (Å²) in [6, 6.07) is 23.9. The van der Waals surface area contributed by atoms with Crippen LogP contribution in [0.4, 0.5) is 5.82 Å². The van der Waals surface area contributed by atoms with Gasteiger partial charge in [0.2, 0.25) is 0 Å². The molecule has 4 rings (SSSR count). The van der Waals surface area contributed by atoms with E-state index < -0.39 is 0 Å². The zero-order chi connectivity index (χ0) is 17.9. The molecule has 3 nitrogen and oxygen atoms in total. The summed E-state index contributed by atoms with van der Waals surface area (Å²) >= 11 is 0. The number of benzene rings is 2. The van der Waals surface area contributed by atoms with Gasteiger partial charge in [0.15, 0.2) is 0 Å². The summed E-state index contributed by atoms with van der Waals surface area (Å²) < 4.78 is 4.53. The summed E-state index contributed by atoms with van der Waals surface area (Å²) in [5, 5.41) is 0. The average Bonchev–Trinajstić information content (AvgIpc) is 2.99. The van der Waals surface area contributed by atoms with Gasteiger partial charge in [0, 0.05) is 12.6 Å². The predicted octanol–water partition coefficient (Wildman–Crippen LogP) is 3.98. The molecule has 26 heavy (non-hydrogen) atoms. The van der Waals surface area contributed by atoms with Gasteiger partial charge < -0.3 is 0 Å². The zero-order valence-corrected chi connectivity index (χ0v) is 15.8. The molecule has 1 saturated heterocycles. The molecule has 1 fully saturated rings. The highest BCUT2D eigenvalue weighted by Gasteiger charge is 2.29. The van der Waals surface area contributed by atoms with Gasteiger partial charge in [-0.1, -0.05) is 60.7 Å². The van der Waals surface area contributed by atoms with Gasteiger partial charge in [0.05, 0.1) is 24.8 Å². The first-order valence-corrected chi connectivity index (χ1v) is 9.62. The molecule has 0 saturated carbocycles. The molecule has 3 heteroatoms. The third-order valence-electron chi connectivity index (χ3n) is 5.77. The van der Waals surface area contributed by atoms with Crippen LogP contribution in [0.15, 0.2) is 66.7 Å². The van der Waals surface area contributed by atoms with E-state index in [0.29, 0.717) is 0 Å². The van der Waals surface area contributed by atoms with Crippen molar-refractivity contribution in [3.8, 4) is 11.3 Å². The lowest BCUT2D eigenvalue weighted by molar-refractivity contribution is -0.738. The second-order valence-electron chi connectivity index (χ2n) is 7.42. The number of hydrogen-bond donors (Lipinski definition) is 0. The third kappa shape index (κ3) is 3.39. The van der Waals surface area contributed by atoms with Crippen molar-refractivity contribution in [2.24, 2.45) is 20.0 Å². The molecular formula is C23H28N3+. The molecule has 1 aliphatic rings. The van der Waals surface area contributed by atoms with E-state index in [9.17, 15) is 0 Å². The standard InChI is InChI=1S/C23H28N3/c1-24-22(21-11-7-4-8-12-21)18-23(25(24)2)26-15-13-20(14-16-26)17-19-9-5-3-6-10-19/h3-12,18,20H,13-17H2,1-2H3/q+1. The van der Waals surface area contributed by atoms with E-state index in [4.69, 9.17) is 0 Å². The van der Waals surface area contributed by atoms with E-state index in [1.807, 2.05) is 0 Å². The number of anilines is 1. The maximum atomic E-state index is 2.55. The second-order valence-corrected chi connectivity index (χ2v) is 7.42. The molecule has 0 atom stereocenters. The summed E-state index contributed by atoms with van der Waals surface area (Å²) in [7, 11) is 4.31. The van der Waals surface area contributed by atoms with Crippen LogP contribution in [0.25, 0.3) is 11.3 Å². The van der Waals surface area contributed by atoms with Crippen molar-refractivity contribution in [3.63, 3.8) is 0 Å². The van der Waals surface area contributed by atoms with E-state index in [0.717, 1.165) is 19.0 Å². The van der Waals surface area contributed by atoms with Gasteiger partial charge in [-0.05, 0) is 30.7 Å². The Hall–Kier alpha value is -2.55. The molecule has 0 spiro atoms. The van der Waals surface area contributed by atoms with Crippen LogP contribution in [0, 0.1) is 5.92 Å². The van der Waals surface area contributed by atoms with Gasteiger partial charge in [-0.15, -0.1) is 0 Å². The van der Waals surface area contributed by atoms with Crippen molar-refractivity contribution in [1.82, 2.24) is 4.68 Å². The van der Waals surface area contributed by atoms with Crippen LogP contribution >= 0.6 is 0 Å². The first-order chi connectivity index (χ1) is 12.7. The maximum Gasteiger partial charge on any atom is 0.297 e. The van der Waals surface area contributed by atoms with Crippen molar-refractivity contribution >= 4 is 5.82 Å². The second kappa shape index (κ2) is 7.36. The minimum absolute atomic E-state index is 0.802. The summed E-state index contributed by atoms with van der Waals surface area (Å²) in [4.78, 5) is 2.55. The number of aromatic nitrogens is 2. The van der Waals surface area contributed by atoms with Crippen molar-refractivity contribution < 1.29 is 4.68 Å². The molecule has 0 radical (unpaired) electrons. The summed E-state index contributed by atoms with van der Waals surface area (Å²) in [6.45, 7) is 2.28. The minimum atomic E-state index is 0.802. The largest absolute Gasteiger partial charge is 0.297 e. The molecular weight excluding hydrogens is 318 g/mol. The molecule has 0 amide bonds. The van der Waals surface area contributed by atoms with Gasteiger partial charge in [-0.3, -0.25) is 4.90 Å². The van der Waals surface area contributed by atoms with Crippen LogP contribution < -0.4 is 9.58 Å². The lowest BCUT2D eigenvalue weighted by Gasteiger charge is -2.27. The van der Waals surface area contributed by atoms with E-state index in [2.05, 4.69) is 95.1 Å². The molecule has 0 bridgehead atoms. The van der Waals surface area contributed by atoms with Gasteiger partial charge in [-0.25, -0.2) is 4.68 Å². The Balaban J connectivity index is 1.46. The van der Waals surface area contributed by atoms with Crippen molar-refractivity contribution in [1.29, 1.82) is 0 Å². The highest BCUT2D eigenvalue weighted by Crippen LogP contribution is 2.27. The molecule has 2 heterocycles. The van der Waals surface area contributed by atoms with Crippen LogP contribution in [0.3, 0.4) is 0 Å². The van der Waals surface area contributed by atoms with Gasteiger partial charge in [-0.2, -0.15) is 4.68 Å². The molecule has 1 aliphatic heterocycles.